The fourth-order valence-corrected chi connectivity index (χ4v) is 3.75. The van der Waals surface area contributed by atoms with E-state index in [2.05, 4.69) is 4.72 Å². The van der Waals surface area contributed by atoms with Gasteiger partial charge in [-0.25, -0.2) is 17.5 Å². The highest BCUT2D eigenvalue weighted by Crippen LogP contribution is 2.37. The molecular weight excluding hydrogens is 373 g/mol. The Labute approximate surface area is 155 Å². The molecular formula is C19H16FNO5S. The molecule has 0 radical (unpaired) electrons. The first-order valence-electron chi connectivity index (χ1n) is 7.86. The summed E-state index contributed by atoms with van der Waals surface area (Å²) in [6.07, 6.45) is 0. The van der Waals surface area contributed by atoms with Crippen molar-refractivity contribution in [3.8, 4) is 28.4 Å². The first-order valence-corrected chi connectivity index (χ1v) is 9.34. The van der Waals surface area contributed by atoms with Crippen molar-refractivity contribution in [1.82, 2.24) is 4.72 Å². The van der Waals surface area contributed by atoms with E-state index < -0.39 is 27.3 Å². The average molecular weight is 389 g/mol. The molecule has 0 unspecified atom stereocenters. The van der Waals surface area contributed by atoms with E-state index >= 15 is 0 Å². The molecule has 0 aliphatic heterocycles. The number of nitrogens with one attached hydrogen (secondary N) is 1. The molecule has 8 heteroatoms. The Balaban J connectivity index is 1.99. The molecule has 0 saturated heterocycles. The van der Waals surface area contributed by atoms with Gasteiger partial charge in [0.2, 0.25) is 10.0 Å². The zero-order valence-corrected chi connectivity index (χ0v) is 14.7. The van der Waals surface area contributed by atoms with E-state index in [1.54, 1.807) is 0 Å². The van der Waals surface area contributed by atoms with Gasteiger partial charge in [0.25, 0.3) is 0 Å². The number of sulfonamides is 1. The van der Waals surface area contributed by atoms with E-state index in [0.717, 1.165) is 12.1 Å². The van der Waals surface area contributed by atoms with Crippen LogP contribution in [-0.4, -0.2) is 23.7 Å². The van der Waals surface area contributed by atoms with Crippen LogP contribution in [-0.2, 0) is 16.6 Å². The largest absolute Gasteiger partial charge is 0.508 e. The van der Waals surface area contributed by atoms with Crippen molar-refractivity contribution in [2.45, 2.75) is 11.4 Å². The van der Waals surface area contributed by atoms with Crippen LogP contribution in [0.15, 0.2) is 65.6 Å². The Morgan fingerprint density at radius 3 is 2.07 bits per heavy atom. The fraction of sp³-hybridized carbons (Fsp3) is 0.0526. The second kappa shape index (κ2) is 7.26. The average Bonchev–Trinajstić information content (AvgIpc) is 2.64. The molecule has 0 aliphatic carbocycles. The Hall–Kier alpha value is -3.10. The van der Waals surface area contributed by atoms with E-state index in [4.69, 9.17) is 0 Å². The molecule has 0 amide bonds. The van der Waals surface area contributed by atoms with Gasteiger partial charge < -0.3 is 15.3 Å². The minimum Gasteiger partial charge on any atom is -0.508 e. The number of benzene rings is 3. The van der Waals surface area contributed by atoms with Gasteiger partial charge in [0.05, 0.1) is 4.90 Å². The highest BCUT2D eigenvalue weighted by Gasteiger charge is 2.22. The van der Waals surface area contributed by atoms with E-state index in [0.29, 0.717) is 11.1 Å². The predicted molar refractivity (Wildman–Crippen MR) is 97.3 cm³/mol. The number of hydrogen-bond acceptors (Lipinski definition) is 5. The van der Waals surface area contributed by atoms with Gasteiger partial charge in [0.15, 0.2) is 11.5 Å². The smallest absolute Gasteiger partial charge is 0.241 e. The molecule has 140 valence electrons. The molecule has 3 rings (SSSR count). The standard InChI is InChI=1S/C19H16FNO5S/c20-14-5-1-12(2-6-14)11-21-27(25,26)19-10-18(24)17(23)9-16(19)13-3-7-15(22)8-4-13/h1-10,21-24H,11H2. The molecule has 3 aromatic carbocycles. The number of rotatable bonds is 5. The normalized spacial score (nSPS) is 11.4. The van der Waals surface area contributed by atoms with Gasteiger partial charge in [-0.15, -0.1) is 0 Å². The van der Waals surface area contributed by atoms with Gasteiger partial charge in [0.1, 0.15) is 11.6 Å². The first-order chi connectivity index (χ1) is 12.8. The number of hydrogen-bond donors (Lipinski definition) is 4. The molecule has 0 saturated carbocycles. The zero-order chi connectivity index (χ0) is 19.6. The van der Waals surface area contributed by atoms with Crippen LogP contribution in [0.2, 0.25) is 0 Å². The summed E-state index contributed by atoms with van der Waals surface area (Å²) >= 11 is 0. The van der Waals surface area contributed by atoms with Crippen LogP contribution in [0.3, 0.4) is 0 Å². The summed E-state index contributed by atoms with van der Waals surface area (Å²) in [6, 6.07) is 13.2. The summed E-state index contributed by atoms with van der Waals surface area (Å²) in [5, 5.41) is 29.0. The molecule has 3 aromatic rings. The van der Waals surface area contributed by atoms with Crippen LogP contribution in [0.25, 0.3) is 11.1 Å². The summed E-state index contributed by atoms with van der Waals surface area (Å²) in [7, 11) is -4.07. The Kier molecular flexibility index (Phi) is 5.02. The third kappa shape index (κ3) is 4.18. The van der Waals surface area contributed by atoms with Crippen molar-refractivity contribution < 1.29 is 28.1 Å². The maximum atomic E-state index is 13.0. The van der Waals surface area contributed by atoms with Gasteiger partial charge >= 0.3 is 0 Å². The Bertz CT molecular complexity index is 1060. The van der Waals surface area contributed by atoms with Crippen LogP contribution in [0.5, 0.6) is 17.2 Å². The van der Waals surface area contributed by atoms with E-state index in [1.165, 1.54) is 48.5 Å². The maximum absolute atomic E-state index is 13.0. The van der Waals surface area contributed by atoms with Gasteiger partial charge in [0, 0.05) is 18.2 Å². The molecule has 0 aromatic heterocycles. The van der Waals surface area contributed by atoms with Gasteiger partial charge in [-0.05, 0) is 41.5 Å². The Morgan fingerprint density at radius 2 is 1.44 bits per heavy atom. The maximum Gasteiger partial charge on any atom is 0.241 e. The van der Waals surface area contributed by atoms with Crippen molar-refractivity contribution in [2.24, 2.45) is 0 Å². The minimum absolute atomic E-state index is 0.000548. The lowest BCUT2D eigenvalue weighted by Gasteiger charge is -2.13. The minimum atomic E-state index is -4.07. The van der Waals surface area contributed by atoms with Crippen molar-refractivity contribution >= 4 is 10.0 Å². The predicted octanol–water partition coefficient (Wildman–Crippen LogP) is 3.09. The number of phenolic OH excluding ortho intramolecular Hbond substituents is 3. The number of phenols is 3. The van der Waals surface area contributed by atoms with Crippen molar-refractivity contribution in [3.63, 3.8) is 0 Å². The third-order valence-corrected chi connectivity index (χ3v) is 5.37. The summed E-state index contributed by atoms with van der Waals surface area (Å²) in [6.45, 7) is -0.0841. The van der Waals surface area contributed by atoms with Gasteiger partial charge in [-0.1, -0.05) is 24.3 Å². The topological polar surface area (TPSA) is 107 Å². The molecule has 0 heterocycles. The van der Waals surface area contributed by atoms with Crippen molar-refractivity contribution in [1.29, 1.82) is 0 Å². The van der Waals surface area contributed by atoms with Crippen LogP contribution in [0.4, 0.5) is 4.39 Å². The third-order valence-electron chi connectivity index (χ3n) is 3.92. The van der Waals surface area contributed by atoms with E-state index in [9.17, 15) is 28.1 Å². The highest BCUT2D eigenvalue weighted by molar-refractivity contribution is 7.89. The summed E-state index contributed by atoms with van der Waals surface area (Å²) in [5.74, 6) is -1.49. The second-order valence-corrected chi connectivity index (χ2v) is 7.57. The number of halogens is 1. The molecule has 0 fully saturated rings. The van der Waals surface area contributed by atoms with Crippen molar-refractivity contribution in [3.05, 3.63) is 72.0 Å². The van der Waals surface area contributed by atoms with Crippen LogP contribution >= 0.6 is 0 Å². The quantitative estimate of drug-likeness (QED) is 0.502. The monoisotopic (exact) mass is 389 g/mol. The molecule has 6 nitrogen and oxygen atoms in total. The van der Waals surface area contributed by atoms with Gasteiger partial charge in [-0.3, -0.25) is 0 Å². The lowest BCUT2D eigenvalue weighted by Crippen LogP contribution is -2.23. The first kappa shape index (κ1) is 18.7. The summed E-state index contributed by atoms with van der Waals surface area (Å²) in [4.78, 5) is -0.245. The van der Waals surface area contributed by atoms with Crippen molar-refractivity contribution in [2.75, 3.05) is 0 Å². The zero-order valence-electron chi connectivity index (χ0n) is 13.9. The molecule has 0 aliphatic rings. The SMILES string of the molecule is O=S(=O)(NCc1ccc(F)cc1)c1cc(O)c(O)cc1-c1ccc(O)cc1. The molecule has 0 bridgehead atoms. The molecule has 4 N–H and O–H groups in total. The fourth-order valence-electron chi connectivity index (χ4n) is 2.50. The lowest BCUT2D eigenvalue weighted by atomic mass is 10.0. The lowest BCUT2D eigenvalue weighted by molar-refractivity contribution is 0.402. The van der Waals surface area contributed by atoms with Crippen LogP contribution in [0, 0.1) is 5.82 Å². The molecule has 27 heavy (non-hydrogen) atoms. The summed E-state index contributed by atoms with van der Waals surface area (Å²) < 4.78 is 40.9. The van der Waals surface area contributed by atoms with Gasteiger partial charge in [-0.2, -0.15) is 0 Å². The van der Waals surface area contributed by atoms with Crippen LogP contribution < -0.4 is 4.72 Å². The van der Waals surface area contributed by atoms with E-state index in [-0.39, 0.29) is 22.8 Å². The number of aromatic hydroxyl groups is 3. The Morgan fingerprint density at radius 1 is 0.852 bits per heavy atom. The van der Waals surface area contributed by atoms with Crippen LogP contribution in [0.1, 0.15) is 5.56 Å². The molecule has 0 spiro atoms. The van der Waals surface area contributed by atoms with E-state index in [1.807, 2.05) is 0 Å². The molecule has 0 atom stereocenters. The summed E-state index contributed by atoms with van der Waals surface area (Å²) in [5.41, 5.74) is 1.12. The second-order valence-electron chi connectivity index (χ2n) is 5.83. The highest BCUT2D eigenvalue weighted by atomic mass is 32.2.